The minimum absolute atomic E-state index is 0.516. The van der Waals surface area contributed by atoms with Gasteiger partial charge in [0.1, 0.15) is 10.8 Å². The van der Waals surface area contributed by atoms with Crippen LogP contribution in [0, 0.1) is 11.8 Å². The molecule has 3 heterocycles. The number of pyridine rings is 2. The summed E-state index contributed by atoms with van der Waals surface area (Å²) in [5.74, 6) is 2.60. The molecular weight excluding hydrogens is 362 g/mol. The zero-order valence-corrected chi connectivity index (χ0v) is 16.4. The molecule has 0 atom stereocenters. The van der Waals surface area contributed by atoms with Crippen molar-refractivity contribution in [2.75, 3.05) is 18.5 Å². The van der Waals surface area contributed by atoms with Crippen LogP contribution in [-0.2, 0) is 6.54 Å². The summed E-state index contributed by atoms with van der Waals surface area (Å²) >= 11 is 6.34. The lowest BCUT2D eigenvalue weighted by Gasteiger charge is -2.08. The van der Waals surface area contributed by atoms with Gasteiger partial charge < -0.3 is 10.1 Å². The third-order valence-corrected chi connectivity index (χ3v) is 4.79. The molecule has 3 aromatic heterocycles. The molecule has 1 N–H and O–H groups in total. The Balaban J connectivity index is 1.49. The number of hydrogen-bond acceptors (Lipinski definition) is 5. The van der Waals surface area contributed by atoms with Crippen molar-refractivity contribution in [1.29, 1.82) is 0 Å². The molecule has 1 aliphatic carbocycles. The third kappa shape index (κ3) is 4.50. The molecule has 142 valence electrons. The smallest absolute Gasteiger partial charge is 0.232 e. The van der Waals surface area contributed by atoms with Crippen molar-refractivity contribution in [3.05, 3.63) is 41.3 Å². The van der Waals surface area contributed by atoms with E-state index in [1.165, 1.54) is 12.8 Å². The van der Waals surface area contributed by atoms with E-state index in [9.17, 15) is 0 Å². The first-order valence-electron chi connectivity index (χ1n) is 9.41. The largest absolute Gasteiger partial charge is 0.476 e. The van der Waals surface area contributed by atoms with Crippen LogP contribution in [0.4, 0.5) is 5.82 Å². The number of rotatable bonds is 8. The van der Waals surface area contributed by atoms with E-state index in [1.54, 1.807) is 12.4 Å². The molecule has 3 aromatic rings. The van der Waals surface area contributed by atoms with Gasteiger partial charge in [-0.3, -0.25) is 4.68 Å². The Hall–Kier alpha value is -2.34. The zero-order chi connectivity index (χ0) is 18.8. The predicted octanol–water partition coefficient (Wildman–Crippen LogP) is 4.38. The van der Waals surface area contributed by atoms with Gasteiger partial charge in [0, 0.05) is 25.1 Å². The first kappa shape index (κ1) is 18.0. The number of aromatic nitrogens is 4. The highest BCUT2D eigenvalue weighted by molar-refractivity contribution is 6.31. The Morgan fingerprint density at radius 3 is 2.93 bits per heavy atom. The molecule has 7 heteroatoms. The molecule has 4 rings (SSSR count). The lowest BCUT2D eigenvalue weighted by Crippen LogP contribution is -2.09. The highest BCUT2D eigenvalue weighted by Crippen LogP contribution is 2.31. The van der Waals surface area contributed by atoms with Gasteiger partial charge in [-0.2, -0.15) is 5.10 Å². The molecule has 0 saturated heterocycles. The molecule has 0 aromatic carbocycles. The molecule has 1 aliphatic rings. The molecular formula is C20H24ClN5O. The van der Waals surface area contributed by atoms with Crippen LogP contribution in [0.15, 0.2) is 30.7 Å². The summed E-state index contributed by atoms with van der Waals surface area (Å²) in [7, 11) is 0. The number of nitrogens with zero attached hydrogens (tertiary/aromatic N) is 4. The molecule has 0 bridgehead atoms. The minimum Gasteiger partial charge on any atom is -0.476 e. The summed E-state index contributed by atoms with van der Waals surface area (Å²) in [6.07, 6.45) is 8.08. The molecule has 6 nitrogen and oxygen atoms in total. The van der Waals surface area contributed by atoms with Gasteiger partial charge in [0.15, 0.2) is 0 Å². The fraction of sp³-hybridized carbons (Fsp3) is 0.450. The van der Waals surface area contributed by atoms with Crippen molar-refractivity contribution in [2.45, 2.75) is 33.2 Å². The average Bonchev–Trinajstić information content (AvgIpc) is 3.37. The lowest BCUT2D eigenvalue weighted by atomic mass is 10.2. The lowest BCUT2D eigenvalue weighted by molar-refractivity contribution is 0.288. The van der Waals surface area contributed by atoms with E-state index in [0.717, 1.165) is 28.8 Å². The molecule has 0 spiro atoms. The van der Waals surface area contributed by atoms with E-state index >= 15 is 0 Å². The Kier molecular flexibility index (Phi) is 5.16. The van der Waals surface area contributed by atoms with E-state index in [4.69, 9.17) is 16.3 Å². The van der Waals surface area contributed by atoms with E-state index in [-0.39, 0.29) is 0 Å². The van der Waals surface area contributed by atoms with Crippen molar-refractivity contribution in [1.82, 2.24) is 19.7 Å². The number of fused-ring (bicyclic) bond motifs is 1. The van der Waals surface area contributed by atoms with Crippen LogP contribution in [-0.4, -0.2) is 32.9 Å². The van der Waals surface area contributed by atoms with Gasteiger partial charge in [-0.1, -0.05) is 25.4 Å². The summed E-state index contributed by atoms with van der Waals surface area (Å²) in [6.45, 7) is 6.51. The second-order valence-corrected chi connectivity index (χ2v) is 7.99. The van der Waals surface area contributed by atoms with Gasteiger partial charge >= 0.3 is 0 Å². The first-order chi connectivity index (χ1) is 13.1. The van der Waals surface area contributed by atoms with Gasteiger partial charge in [-0.05, 0) is 42.4 Å². The summed E-state index contributed by atoms with van der Waals surface area (Å²) in [5.41, 5.74) is 1.90. The molecule has 0 unspecified atom stereocenters. The van der Waals surface area contributed by atoms with Crippen LogP contribution in [0.5, 0.6) is 5.88 Å². The molecule has 0 amide bonds. The zero-order valence-electron chi connectivity index (χ0n) is 15.7. The van der Waals surface area contributed by atoms with E-state index in [0.29, 0.717) is 35.9 Å². The molecule has 1 saturated carbocycles. The molecule has 1 fully saturated rings. The van der Waals surface area contributed by atoms with Crippen molar-refractivity contribution in [3.8, 4) is 5.88 Å². The maximum Gasteiger partial charge on any atom is 0.232 e. The maximum atomic E-state index is 6.34. The normalized spacial score (nSPS) is 14.1. The molecule has 27 heavy (non-hydrogen) atoms. The summed E-state index contributed by atoms with van der Waals surface area (Å²) in [6, 6.07) is 3.83. The molecule has 0 radical (unpaired) electrons. The van der Waals surface area contributed by atoms with Crippen LogP contribution in [0.25, 0.3) is 10.9 Å². The number of hydrogen-bond donors (Lipinski definition) is 1. The Bertz CT molecular complexity index is 935. The Morgan fingerprint density at radius 1 is 1.33 bits per heavy atom. The minimum atomic E-state index is 0.516. The van der Waals surface area contributed by atoms with Gasteiger partial charge in [0.2, 0.25) is 5.88 Å². The SMILES string of the molecule is CC(C)CNc1nccc2nn(Cc3cnc(OCC4CC4)c(Cl)c3)cc12. The van der Waals surface area contributed by atoms with Gasteiger partial charge in [-0.25, -0.2) is 9.97 Å². The van der Waals surface area contributed by atoms with Crippen molar-refractivity contribution < 1.29 is 4.74 Å². The standard InChI is InChI=1S/C20H24ClN5O/c1-13(2)8-23-19-16-11-26(25-18(16)5-6-22-19)10-15-7-17(21)20(24-9-15)27-12-14-3-4-14/h5-7,9,11,13-14H,3-4,8,10,12H2,1-2H3,(H,22,23). The summed E-state index contributed by atoms with van der Waals surface area (Å²) < 4.78 is 7.59. The van der Waals surface area contributed by atoms with Gasteiger partial charge in [0.25, 0.3) is 0 Å². The Labute approximate surface area is 163 Å². The molecule has 0 aliphatic heterocycles. The highest BCUT2D eigenvalue weighted by atomic mass is 35.5. The first-order valence-corrected chi connectivity index (χ1v) is 9.79. The van der Waals surface area contributed by atoms with Crippen LogP contribution in [0.1, 0.15) is 32.3 Å². The van der Waals surface area contributed by atoms with Crippen molar-refractivity contribution in [3.63, 3.8) is 0 Å². The summed E-state index contributed by atoms with van der Waals surface area (Å²) in [4.78, 5) is 8.82. The fourth-order valence-electron chi connectivity index (χ4n) is 2.84. The van der Waals surface area contributed by atoms with E-state index in [1.807, 2.05) is 23.0 Å². The van der Waals surface area contributed by atoms with Gasteiger partial charge in [0.05, 0.1) is 24.1 Å². The number of anilines is 1. The number of halogens is 1. The van der Waals surface area contributed by atoms with Crippen LogP contribution < -0.4 is 10.1 Å². The van der Waals surface area contributed by atoms with Crippen molar-refractivity contribution >= 4 is 28.3 Å². The number of nitrogens with one attached hydrogen (secondary N) is 1. The Morgan fingerprint density at radius 2 is 2.19 bits per heavy atom. The highest BCUT2D eigenvalue weighted by Gasteiger charge is 2.22. The van der Waals surface area contributed by atoms with Crippen molar-refractivity contribution in [2.24, 2.45) is 11.8 Å². The predicted molar refractivity (Wildman–Crippen MR) is 107 cm³/mol. The van der Waals surface area contributed by atoms with E-state index in [2.05, 4.69) is 34.2 Å². The average molecular weight is 386 g/mol. The van der Waals surface area contributed by atoms with Gasteiger partial charge in [-0.15, -0.1) is 0 Å². The maximum absolute atomic E-state index is 6.34. The summed E-state index contributed by atoms with van der Waals surface area (Å²) in [5, 5.41) is 9.61. The topological polar surface area (TPSA) is 64.9 Å². The second-order valence-electron chi connectivity index (χ2n) is 7.58. The third-order valence-electron chi connectivity index (χ3n) is 4.52. The quantitative estimate of drug-likeness (QED) is 0.623. The monoisotopic (exact) mass is 385 g/mol. The second kappa shape index (κ2) is 7.72. The van der Waals surface area contributed by atoms with E-state index < -0.39 is 0 Å². The van der Waals surface area contributed by atoms with Crippen LogP contribution in [0.3, 0.4) is 0 Å². The number of ether oxygens (including phenoxy) is 1. The van der Waals surface area contributed by atoms with Crippen LogP contribution in [0.2, 0.25) is 5.02 Å². The van der Waals surface area contributed by atoms with Crippen LogP contribution >= 0.6 is 11.6 Å². The fourth-order valence-corrected chi connectivity index (χ4v) is 3.09.